The minimum absolute atomic E-state index is 0.335. The molecule has 0 aliphatic heterocycles. The van der Waals surface area contributed by atoms with Gasteiger partial charge < -0.3 is 9.55 Å². The van der Waals surface area contributed by atoms with E-state index in [-0.39, 0.29) is 0 Å². The molecule has 1 unspecified atom stereocenters. The Morgan fingerprint density at radius 3 is 2.83 bits per heavy atom. The lowest BCUT2D eigenvalue weighted by molar-refractivity contribution is 0.146. The maximum Gasteiger partial charge on any atom is 0.178 e. The number of nitrogens with one attached hydrogen (secondary N) is 1. The van der Waals surface area contributed by atoms with Crippen LogP contribution in [0.1, 0.15) is 45.6 Å². The smallest absolute Gasteiger partial charge is 0.178 e. The van der Waals surface area contributed by atoms with Gasteiger partial charge in [0.15, 0.2) is 4.77 Å². The Bertz CT molecular complexity index is 621. The summed E-state index contributed by atoms with van der Waals surface area (Å²) in [6.07, 6.45) is 5.19. The van der Waals surface area contributed by atoms with Crippen molar-refractivity contribution in [1.82, 2.24) is 9.55 Å². The Balaban J connectivity index is 2.19. The van der Waals surface area contributed by atoms with Crippen molar-refractivity contribution in [1.29, 1.82) is 0 Å². The number of aromatic amines is 1. The van der Waals surface area contributed by atoms with Crippen LogP contribution >= 0.6 is 12.2 Å². The molecule has 0 radical (unpaired) electrons. The fraction of sp³-hybridized carbons (Fsp3) is 0.533. The third kappa shape index (κ3) is 1.81. The van der Waals surface area contributed by atoms with Crippen LogP contribution in [0, 0.1) is 10.2 Å². The molecule has 0 saturated heterocycles. The Morgan fingerprint density at radius 1 is 1.28 bits per heavy atom. The molecule has 2 aromatic rings. The van der Waals surface area contributed by atoms with Crippen molar-refractivity contribution in [3.8, 4) is 0 Å². The van der Waals surface area contributed by atoms with Crippen molar-refractivity contribution in [2.45, 2.75) is 45.6 Å². The molecule has 1 N–H and O–H groups in total. The molecular weight excluding hydrogens is 240 g/mol. The summed E-state index contributed by atoms with van der Waals surface area (Å²) >= 11 is 5.54. The lowest BCUT2D eigenvalue weighted by atomic mass is 9.73. The number of aromatic nitrogens is 2. The maximum absolute atomic E-state index is 5.54. The number of hydrogen-bond acceptors (Lipinski definition) is 1. The summed E-state index contributed by atoms with van der Waals surface area (Å²) in [4.78, 5) is 3.34. The van der Waals surface area contributed by atoms with Crippen molar-refractivity contribution in [2.75, 3.05) is 0 Å². The summed E-state index contributed by atoms with van der Waals surface area (Å²) < 4.78 is 3.22. The third-order valence-electron chi connectivity index (χ3n) is 4.39. The fourth-order valence-corrected chi connectivity index (χ4v) is 3.67. The first-order chi connectivity index (χ1) is 8.59. The zero-order chi connectivity index (χ0) is 12.8. The van der Waals surface area contributed by atoms with Crippen LogP contribution in [0.5, 0.6) is 0 Å². The van der Waals surface area contributed by atoms with Gasteiger partial charge in [-0.05, 0) is 42.6 Å². The summed E-state index contributed by atoms with van der Waals surface area (Å²) in [6, 6.07) is 8.96. The van der Waals surface area contributed by atoms with Crippen LogP contribution in [0.4, 0.5) is 0 Å². The van der Waals surface area contributed by atoms with E-state index in [1.807, 2.05) is 0 Å². The van der Waals surface area contributed by atoms with E-state index in [1.54, 1.807) is 0 Å². The van der Waals surface area contributed by atoms with Gasteiger partial charge in [-0.3, -0.25) is 0 Å². The van der Waals surface area contributed by atoms with E-state index in [0.29, 0.717) is 11.5 Å². The number of rotatable bonds is 1. The molecule has 1 aromatic heterocycles. The first kappa shape index (κ1) is 12.0. The van der Waals surface area contributed by atoms with Gasteiger partial charge in [-0.1, -0.05) is 38.8 Å². The van der Waals surface area contributed by atoms with Gasteiger partial charge in [0.2, 0.25) is 0 Å². The lowest BCUT2D eigenvalue weighted by Gasteiger charge is -2.39. The molecule has 1 aliphatic carbocycles. The average Bonchev–Trinajstić information content (AvgIpc) is 2.65. The number of imidazole rings is 1. The molecule has 0 spiro atoms. The molecule has 1 aliphatic rings. The van der Waals surface area contributed by atoms with Crippen molar-refractivity contribution in [3.63, 3.8) is 0 Å². The zero-order valence-electron chi connectivity index (χ0n) is 11.1. The molecule has 1 fully saturated rings. The second kappa shape index (κ2) is 4.23. The first-order valence-corrected chi connectivity index (χ1v) is 7.20. The molecule has 3 rings (SSSR count). The average molecular weight is 260 g/mol. The Labute approximate surface area is 113 Å². The van der Waals surface area contributed by atoms with Crippen LogP contribution in [0.2, 0.25) is 0 Å². The lowest BCUT2D eigenvalue weighted by Crippen LogP contribution is -2.30. The van der Waals surface area contributed by atoms with E-state index < -0.39 is 0 Å². The van der Waals surface area contributed by atoms with Gasteiger partial charge >= 0.3 is 0 Å². The van der Waals surface area contributed by atoms with Gasteiger partial charge in [0, 0.05) is 6.04 Å². The SMILES string of the molecule is CC1(C)CCCCC1n1c(=S)[nH]c2ccccc21. The summed E-state index contributed by atoms with van der Waals surface area (Å²) in [5, 5.41) is 0. The Kier molecular flexibility index (Phi) is 2.81. The molecule has 96 valence electrons. The van der Waals surface area contributed by atoms with Gasteiger partial charge in [-0.25, -0.2) is 0 Å². The van der Waals surface area contributed by atoms with E-state index in [4.69, 9.17) is 12.2 Å². The summed E-state index contributed by atoms with van der Waals surface area (Å²) in [6.45, 7) is 4.75. The highest BCUT2D eigenvalue weighted by Gasteiger charge is 2.34. The second-order valence-electron chi connectivity index (χ2n) is 6.07. The molecule has 1 heterocycles. The Hall–Kier alpha value is -1.09. The fourth-order valence-electron chi connectivity index (χ4n) is 3.34. The maximum atomic E-state index is 5.54. The van der Waals surface area contributed by atoms with Crippen LogP contribution in [0.3, 0.4) is 0 Å². The molecule has 3 heteroatoms. The quantitative estimate of drug-likeness (QED) is 0.728. The van der Waals surface area contributed by atoms with Crippen molar-refractivity contribution >= 4 is 23.3 Å². The van der Waals surface area contributed by atoms with E-state index in [2.05, 4.69) is 47.7 Å². The number of hydrogen-bond donors (Lipinski definition) is 1. The minimum Gasteiger partial charge on any atom is -0.331 e. The van der Waals surface area contributed by atoms with Crippen molar-refractivity contribution in [3.05, 3.63) is 29.0 Å². The highest BCUT2D eigenvalue weighted by molar-refractivity contribution is 7.71. The molecule has 2 nitrogen and oxygen atoms in total. The molecule has 18 heavy (non-hydrogen) atoms. The van der Waals surface area contributed by atoms with Crippen LogP contribution in [-0.4, -0.2) is 9.55 Å². The van der Waals surface area contributed by atoms with E-state index >= 15 is 0 Å². The van der Waals surface area contributed by atoms with Gasteiger partial charge in [0.1, 0.15) is 0 Å². The molecular formula is C15H20N2S. The molecule has 0 amide bonds. The predicted molar refractivity (Wildman–Crippen MR) is 78.4 cm³/mol. The minimum atomic E-state index is 0.335. The van der Waals surface area contributed by atoms with E-state index in [1.165, 1.54) is 31.2 Å². The van der Waals surface area contributed by atoms with E-state index in [0.717, 1.165) is 10.3 Å². The van der Waals surface area contributed by atoms with Crippen LogP contribution < -0.4 is 0 Å². The van der Waals surface area contributed by atoms with Gasteiger partial charge in [-0.2, -0.15) is 0 Å². The first-order valence-electron chi connectivity index (χ1n) is 6.79. The topological polar surface area (TPSA) is 20.7 Å². The van der Waals surface area contributed by atoms with E-state index in [9.17, 15) is 0 Å². The number of fused-ring (bicyclic) bond motifs is 1. The number of H-pyrrole nitrogens is 1. The largest absolute Gasteiger partial charge is 0.331 e. The third-order valence-corrected chi connectivity index (χ3v) is 4.69. The van der Waals surface area contributed by atoms with Gasteiger partial charge in [-0.15, -0.1) is 0 Å². The summed E-state index contributed by atoms with van der Waals surface area (Å²) in [7, 11) is 0. The van der Waals surface area contributed by atoms with Crippen molar-refractivity contribution < 1.29 is 0 Å². The predicted octanol–water partition coefficient (Wildman–Crippen LogP) is 4.84. The number of para-hydroxylation sites is 2. The van der Waals surface area contributed by atoms with Crippen LogP contribution in [-0.2, 0) is 0 Å². The van der Waals surface area contributed by atoms with Crippen molar-refractivity contribution in [2.24, 2.45) is 5.41 Å². The van der Waals surface area contributed by atoms with Gasteiger partial charge in [0.05, 0.1) is 11.0 Å². The standard InChI is InChI=1S/C15H20N2S/c1-15(2)10-6-5-9-13(15)17-12-8-4-3-7-11(12)16-14(17)18/h3-4,7-8,13H,5-6,9-10H2,1-2H3,(H,16,18). The highest BCUT2D eigenvalue weighted by atomic mass is 32.1. The molecule has 1 saturated carbocycles. The monoisotopic (exact) mass is 260 g/mol. The van der Waals surface area contributed by atoms with Crippen LogP contribution in [0.15, 0.2) is 24.3 Å². The summed E-state index contributed by atoms with van der Waals surface area (Å²) in [5.74, 6) is 0. The number of nitrogens with zero attached hydrogens (tertiary/aromatic N) is 1. The number of benzene rings is 1. The van der Waals surface area contributed by atoms with Gasteiger partial charge in [0.25, 0.3) is 0 Å². The molecule has 1 atom stereocenters. The highest BCUT2D eigenvalue weighted by Crippen LogP contribution is 2.44. The zero-order valence-corrected chi connectivity index (χ0v) is 11.9. The summed E-state index contributed by atoms with van der Waals surface area (Å²) in [5.41, 5.74) is 2.74. The van der Waals surface area contributed by atoms with Crippen LogP contribution in [0.25, 0.3) is 11.0 Å². The second-order valence-corrected chi connectivity index (χ2v) is 6.45. The normalized spacial score (nSPS) is 23.3. The molecule has 0 bridgehead atoms. The molecule has 1 aromatic carbocycles. The Morgan fingerprint density at radius 2 is 2.06 bits per heavy atom.